The normalized spacial score (nSPS) is 8.17. The molecule has 3 N–H and O–H groups in total. The maximum absolute atomic E-state index is 9.76. The minimum Gasteiger partial charge on any atom is -0.481 e. The van der Waals surface area contributed by atoms with Gasteiger partial charge in [0, 0.05) is 12.8 Å². The quantitative estimate of drug-likeness (QED) is 0.672. The molecule has 12 heavy (non-hydrogen) atoms. The fourth-order valence-corrected chi connectivity index (χ4v) is 0.328. The van der Waals surface area contributed by atoms with Crippen molar-refractivity contribution in [1.29, 1.82) is 0 Å². The molecule has 0 aromatic heterocycles. The van der Waals surface area contributed by atoms with Gasteiger partial charge in [0.05, 0.1) is 0 Å². The SMILES string of the molecule is CCC(N)=O.CCCCC(=O)O. The van der Waals surface area contributed by atoms with Crippen LogP contribution in [0.1, 0.15) is 39.5 Å². The molecule has 0 aliphatic heterocycles. The second kappa shape index (κ2) is 9.94. The second-order valence-corrected chi connectivity index (χ2v) is 2.32. The number of carboxylic acids is 1. The van der Waals surface area contributed by atoms with Crippen LogP contribution >= 0.6 is 0 Å². The van der Waals surface area contributed by atoms with E-state index >= 15 is 0 Å². The van der Waals surface area contributed by atoms with Crippen molar-refractivity contribution in [2.24, 2.45) is 5.73 Å². The van der Waals surface area contributed by atoms with Crippen molar-refractivity contribution in [1.82, 2.24) is 0 Å². The molecule has 0 saturated carbocycles. The van der Waals surface area contributed by atoms with Gasteiger partial charge in [-0.2, -0.15) is 0 Å². The average molecular weight is 175 g/mol. The maximum atomic E-state index is 9.76. The Morgan fingerprint density at radius 1 is 1.33 bits per heavy atom. The first-order chi connectivity index (χ1) is 5.54. The van der Waals surface area contributed by atoms with Crippen LogP contribution in [0, 0.1) is 0 Å². The van der Waals surface area contributed by atoms with E-state index in [1.54, 1.807) is 6.92 Å². The van der Waals surface area contributed by atoms with Gasteiger partial charge in [0.2, 0.25) is 5.91 Å². The number of rotatable bonds is 4. The largest absolute Gasteiger partial charge is 0.481 e. The number of carbonyl (C=O) groups excluding carboxylic acids is 1. The van der Waals surface area contributed by atoms with E-state index in [-0.39, 0.29) is 5.91 Å². The third-order valence-corrected chi connectivity index (χ3v) is 1.09. The van der Waals surface area contributed by atoms with Gasteiger partial charge < -0.3 is 10.8 Å². The Kier molecular flexibility index (Phi) is 11.2. The molecule has 1 amide bonds. The lowest BCUT2D eigenvalue weighted by Gasteiger charge is -1.85. The van der Waals surface area contributed by atoms with Crippen molar-refractivity contribution >= 4 is 11.9 Å². The highest BCUT2D eigenvalue weighted by Gasteiger charge is 1.90. The van der Waals surface area contributed by atoms with Gasteiger partial charge in [0.1, 0.15) is 0 Å². The number of unbranched alkanes of at least 4 members (excludes halogenated alkanes) is 1. The molecule has 0 rings (SSSR count). The van der Waals surface area contributed by atoms with Crippen molar-refractivity contribution < 1.29 is 14.7 Å². The summed E-state index contributed by atoms with van der Waals surface area (Å²) in [6, 6.07) is 0. The number of carbonyl (C=O) groups is 2. The fourth-order valence-electron chi connectivity index (χ4n) is 0.328. The number of amides is 1. The first-order valence-corrected chi connectivity index (χ1v) is 4.04. The van der Waals surface area contributed by atoms with Crippen LogP contribution in [-0.4, -0.2) is 17.0 Å². The van der Waals surface area contributed by atoms with E-state index in [0.29, 0.717) is 12.8 Å². The molecule has 4 heteroatoms. The predicted octanol–water partition coefficient (Wildman–Crippen LogP) is 1.14. The minimum absolute atomic E-state index is 0.245. The summed E-state index contributed by atoms with van der Waals surface area (Å²) in [6.07, 6.45) is 2.53. The van der Waals surface area contributed by atoms with Crippen LogP contribution in [0.3, 0.4) is 0 Å². The second-order valence-electron chi connectivity index (χ2n) is 2.32. The van der Waals surface area contributed by atoms with Crippen molar-refractivity contribution in [2.75, 3.05) is 0 Å². The standard InChI is InChI=1S/C5H10O2.C3H7NO/c1-2-3-4-5(6)7;1-2-3(4)5/h2-4H2,1H3,(H,6,7);2H2,1H3,(H2,4,5). The summed E-state index contributed by atoms with van der Waals surface area (Å²) in [5.74, 6) is -0.938. The molecule has 0 aromatic carbocycles. The summed E-state index contributed by atoms with van der Waals surface area (Å²) in [6.45, 7) is 3.70. The number of nitrogens with two attached hydrogens (primary N) is 1. The molecule has 0 saturated heterocycles. The molecular formula is C8H17NO3. The molecular weight excluding hydrogens is 158 g/mol. The maximum Gasteiger partial charge on any atom is 0.303 e. The smallest absolute Gasteiger partial charge is 0.303 e. The van der Waals surface area contributed by atoms with E-state index in [0.717, 1.165) is 12.8 Å². The number of hydrogen-bond acceptors (Lipinski definition) is 2. The molecule has 0 aromatic rings. The van der Waals surface area contributed by atoms with Gasteiger partial charge >= 0.3 is 5.97 Å². The molecule has 0 fully saturated rings. The molecule has 4 nitrogen and oxygen atoms in total. The van der Waals surface area contributed by atoms with Crippen molar-refractivity contribution in [3.63, 3.8) is 0 Å². The van der Waals surface area contributed by atoms with Crippen molar-refractivity contribution in [3.05, 3.63) is 0 Å². The molecule has 0 aliphatic rings. The van der Waals surface area contributed by atoms with Crippen LogP contribution in [0.5, 0.6) is 0 Å². The van der Waals surface area contributed by atoms with E-state index in [2.05, 4.69) is 5.73 Å². The summed E-state index contributed by atoms with van der Waals surface area (Å²) >= 11 is 0. The van der Waals surface area contributed by atoms with Crippen LogP contribution in [-0.2, 0) is 9.59 Å². The lowest BCUT2D eigenvalue weighted by atomic mass is 10.3. The Hall–Kier alpha value is -1.06. The summed E-state index contributed by atoms with van der Waals surface area (Å²) in [5.41, 5.74) is 4.65. The minimum atomic E-state index is -0.693. The van der Waals surface area contributed by atoms with Crippen LogP contribution in [0.15, 0.2) is 0 Å². The zero-order chi connectivity index (χ0) is 9.98. The van der Waals surface area contributed by atoms with Crippen LogP contribution < -0.4 is 5.73 Å². The lowest BCUT2D eigenvalue weighted by Crippen LogP contribution is -2.06. The fraction of sp³-hybridized carbons (Fsp3) is 0.750. The van der Waals surface area contributed by atoms with Crippen molar-refractivity contribution in [2.45, 2.75) is 39.5 Å². The van der Waals surface area contributed by atoms with Crippen LogP contribution in [0.4, 0.5) is 0 Å². The number of hydrogen-bond donors (Lipinski definition) is 2. The van der Waals surface area contributed by atoms with E-state index in [1.165, 1.54) is 0 Å². The van der Waals surface area contributed by atoms with E-state index < -0.39 is 5.97 Å². The molecule has 0 radical (unpaired) electrons. The topological polar surface area (TPSA) is 80.4 Å². The molecule has 0 unspecified atom stereocenters. The van der Waals surface area contributed by atoms with E-state index in [4.69, 9.17) is 5.11 Å². The van der Waals surface area contributed by atoms with Gasteiger partial charge in [0.15, 0.2) is 0 Å². The Bertz CT molecular complexity index is 134. The van der Waals surface area contributed by atoms with Gasteiger partial charge in [-0.05, 0) is 6.42 Å². The Morgan fingerprint density at radius 2 is 1.75 bits per heavy atom. The van der Waals surface area contributed by atoms with Gasteiger partial charge in [-0.15, -0.1) is 0 Å². The first-order valence-electron chi connectivity index (χ1n) is 4.04. The molecule has 0 bridgehead atoms. The third-order valence-electron chi connectivity index (χ3n) is 1.09. The van der Waals surface area contributed by atoms with Crippen LogP contribution in [0.2, 0.25) is 0 Å². The summed E-state index contributed by atoms with van der Waals surface area (Å²) in [7, 11) is 0. The Balaban J connectivity index is 0. The van der Waals surface area contributed by atoms with Crippen LogP contribution in [0.25, 0.3) is 0 Å². The molecule has 0 spiro atoms. The highest BCUT2D eigenvalue weighted by molar-refractivity contribution is 5.73. The first kappa shape index (κ1) is 13.5. The highest BCUT2D eigenvalue weighted by Crippen LogP contribution is 1.91. The summed E-state index contributed by atoms with van der Waals surface area (Å²) in [5, 5.41) is 8.04. The Labute approximate surface area is 72.8 Å². The van der Waals surface area contributed by atoms with Crippen molar-refractivity contribution in [3.8, 4) is 0 Å². The zero-order valence-corrected chi connectivity index (χ0v) is 7.67. The van der Waals surface area contributed by atoms with Gasteiger partial charge in [-0.3, -0.25) is 9.59 Å². The Morgan fingerprint density at radius 3 is 1.83 bits per heavy atom. The average Bonchev–Trinajstić information content (AvgIpc) is 2.02. The molecule has 0 heterocycles. The van der Waals surface area contributed by atoms with Gasteiger partial charge in [-0.25, -0.2) is 0 Å². The molecule has 0 atom stereocenters. The number of carboxylic acid groups (broad SMARTS) is 1. The predicted molar refractivity (Wildman–Crippen MR) is 46.6 cm³/mol. The highest BCUT2D eigenvalue weighted by atomic mass is 16.4. The molecule has 72 valence electrons. The van der Waals surface area contributed by atoms with E-state index in [9.17, 15) is 9.59 Å². The summed E-state index contributed by atoms with van der Waals surface area (Å²) < 4.78 is 0. The molecule has 0 aliphatic carbocycles. The monoisotopic (exact) mass is 175 g/mol. The lowest BCUT2D eigenvalue weighted by molar-refractivity contribution is -0.137. The number of aliphatic carboxylic acids is 1. The summed E-state index contributed by atoms with van der Waals surface area (Å²) in [4.78, 5) is 19.3. The third kappa shape index (κ3) is 23.1. The zero-order valence-electron chi connectivity index (χ0n) is 7.67. The van der Waals surface area contributed by atoms with Gasteiger partial charge in [-0.1, -0.05) is 20.3 Å². The van der Waals surface area contributed by atoms with Gasteiger partial charge in [0.25, 0.3) is 0 Å². The van der Waals surface area contributed by atoms with E-state index in [1.807, 2.05) is 6.92 Å². The number of primary amides is 1.